The van der Waals surface area contributed by atoms with Crippen molar-refractivity contribution in [2.45, 2.75) is 34.3 Å². The van der Waals surface area contributed by atoms with E-state index in [4.69, 9.17) is 4.74 Å². The molecule has 1 fully saturated rings. The van der Waals surface area contributed by atoms with Gasteiger partial charge < -0.3 is 4.74 Å². The molecule has 2 amide bonds. The standard InChI is InChI=1S/C23H28N6O2/c1-15-8-7-9-21(29-23(30)26(5)25-27(29)6)20(15)14-31-22-11-10-19(12-16(22)2)28-18(4)13-17(3)24-28/h7-13,25H,14H2,1-6H3. The number of amides is 2. The van der Waals surface area contributed by atoms with Crippen molar-refractivity contribution in [1.29, 1.82) is 0 Å². The topological polar surface area (TPSA) is 65.9 Å². The molecule has 3 aromatic rings. The number of aryl methyl sites for hydroxylation is 4. The zero-order chi connectivity index (χ0) is 22.3. The number of urea groups is 1. The first-order valence-corrected chi connectivity index (χ1v) is 10.2. The zero-order valence-electron chi connectivity index (χ0n) is 18.8. The second kappa shape index (κ2) is 8.05. The van der Waals surface area contributed by atoms with Crippen LogP contribution in [0.1, 0.15) is 28.1 Å². The van der Waals surface area contributed by atoms with E-state index in [1.54, 1.807) is 24.2 Å². The van der Waals surface area contributed by atoms with Crippen LogP contribution < -0.4 is 15.3 Å². The Morgan fingerprint density at radius 3 is 2.39 bits per heavy atom. The smallest absolute Gasteiger partial charge is 0.355 e. The van der Waals surface area contributed by atoms with Gasteiger partial charge in [-0.2, -0.15) is 5.10 Å². The lowest BCUT2D eigenvalue weighted by Gasteiger charge is -2.24. The molecule has 2 heterocycles. The quantitative estimate of drug-likeness (QED) is 0.680. The highest BCUT2D eigenvalue weighted by atomic mass is 16.5. The third-order valence-corrected chi connectivity index (χ3v) is 5.46. The molecule has 4 rings (SSSR count). The highest BCUT2D eigenvalue weighted by molar-refractivity contribution is 5.92. The van der Waals surface area contributed by atoms with E-state index in [2.05, 4.69) is 22.8 Å². The van der Waals surface area contributed by atoms with Crippen LogP contribution in [0.3, 0.4) is 0 Å². The Morgan fingerprint density at radius 1 is 1.00 bits per heavy atom. The van der Waals surface area contributed by atoms with Crippen LogP contribution in [0.2, 0.25) is 0 Å². The average Bonchev–Trinajstić information content (AvgIpc) is 3.18. The van der Waals surface area contributed by atoms with Crippen LogP contribution >= 0.6 is 0 Å². The Hall–Kier alpha value is -3.36. The van der Waals surface area contributed by atoms with E-state index in [0.717, 1.165) is 45.2 Å². The van der Waals surface area contributed by atoms with E-state index in [9.17, 15) is 4.79 Å². The van der Waals surface area contributed by atoms with Crippen LogP contribution in [0.15, 0.2) is 42.5 Å². The molecule has 0 saturated carbocycles. The minimum atomic E-state index is -0.153. The fourth-order valence-electron chi connectivity index (χ4n) is 3.88. The second-order valence-corrected chi connectivity index (χ2v) is 7.93. The Balaban J connectivity index is 1.59. The molecule has 162 valence electrons. The normalized spacial score (nSPS) is 14.6. The molecule has 1 aromatic heterocycles. The molecule has 31 heavy (non-hydrogen) atoms. The van der Waals surface area contributed by atoms with Gasteiger partial charge in [0, 0.05) is 25.4 Å². The number of carbonyl (C=O) groups excluding carboxylic acids is 1. The molecule has 1 aliphatic heterocycles. The summed E-state index contributed by atoms with van der Waals surface area (Å²) in [7, 11) is 3.49. The van der Waals surface area contributed by atoms with E-state index in [1.165, 1.54) is 5.01 Å². The average molecular weight is 421 g/mol. The summed E-state index contributed by atoms with van der Waals surface area (Å²) in [6, 6.07) is 13.9. The molecular formula is C23H28N6O2. The highest BCUT2D eigenvalue weighted by Crippen LogP contribution is 2.30. The van der Waals surface area contributed by atoms with Crippen molar-refractivity contribution in [3.05, 3.63) is 70.5 Å². The van der Waals surface area contributed by atoms with Gasteiger partial charge in [-0.1, -0.05) is 12.1 Å². The minimum Gasteiger partial charge on any atom is -0.489 e. The highest BCUT2D eigenvalue weighted by Gasteiger charge is 2.33. The Bertz CT molecular complexity index is 1140. The van der Waals surface area contributed by atoms with Gasteiger partial charge in [-0.25, -0.2) is 19.5 Å². The molecule has 8 nitrogen and oxygen atoms in total. The van der Waals surface area contributed by atoms with E-state index < -0.39 is 0 Å². The Labute approximate surface area is 182 Å². The number of carbonyl (C=O) groups is 1. The van der Waals surface area contributed by atoms with Gasteiger partial charge in [-0.3, -0.25) is 0 Å². The molecule has 0 aliphatic carbocycles. The van der Waals surface area contributed by atoms with Crippen LogP contribution in [0.4, 0.5) is 10.5 Å². The predicted molar refractivity (Wildman–Crippen MR) is 120 cm³/mol. The summed E-state index contributed by atoms with van der Waals surface area (Å²) in [6.07, 6.45) is 0. The molecule has 0 bridgehead atoms. The van der Waals surface area contributed by atoms with Crippen molar-refractivity contribution in [3.63, 3.8) is 0 Å². The first-order valence-electron chi connectivity index (χ1n) is 10.2. The molecule has 8 heteroatoms. The van der Waals surface area contributed by atoms with Crippen molar-refractivity contribution in [1.82, 2.24) is 25.4 Å². The third-order valence-electron chi connectivity index (χ3n) is 5.46. The van der Waals surface area contributed by atoms with Gasteiger partial charge >= 0.3 is 6.03 Å². The number of hydrogen-bond acceptors (Lipinski definition) is 5. The van der Waals surface area contributed by atoms with Gasteiger partial charge in [0.2, 0.25) is 0 Å². The number of ether oxygens (including phenoxy) is 1. The number of nitrogens with one attached hydrogen (secondary N) is 1. The summed E-state index contributed by atoms with van der Waals surface area (Å²) in [5.41, 5.74) is 9.89. The number of rotatable bonds is 5. The van der Waals surface area contributed by atoms with Crippen LogP contribution in [-0.4, -0.2) is 40.0 Å². The summed E-state index contributed by atoms with van der Waals surface area (Å²) >= 11 is 0. The largest absolute Gasteiger partial charge is 0.489 e. The van der Waals surface area contributed by atoms with Gasteiger partial charge in [0.05, 0.1) is 17.1 Å². The van der Waals surface area contributed by atoms with Crippen molar-refractivity contribution < 1.29 is 9.53 Å². The van der Waals surface area contributed by atoms with Gasteiger partial charge in [0.25, 0.3) is 0 Å². The molecule has 0 atom stereocenters. The first-order chi connectivity index (χ1) is 14.8. The van der Waals surface area contributed by atoms with Crippen molar-refractivity contribution in [2.75, 3.05) is 19.1 Å². The van der Waals surface area contributed by atoms with Crippen LogP contribution in [0.25, 0.3) is 5.69 Å². The van der Waals surface area contributed by atoms with Crippen LogP contribution in [0, 0.1) is 27.7 Å². The molecule has 1 N–H and O–H groups in total. The number of hydrazine groups is 3. The fourth-order valence-corrected chi connectivity index (χ4v) is 3.88. The molecule has 0 spiro atoms. The van der Waals surface area contributed by atoms with Crippen molar-refractivity contribution >= 4 is 11.7 Å². The van der Waals surface area contributed by atoms with Crippen LogP contribution in [-0.2, 0) is 6.61 Å². The van der Waals surface area contributed by atoms with Crippen LogP contribution in [0.5, 0.6) is 5.75 Å². The lowest BCUT2D eigenvalue weighted by atomic mass is 10.1. The lowest BCUT2D eigenvalue weighted by Crippen LogP contribution is -2.40. The number of nitrogens with zero attached hydrogens (tertiary/aromatic N) is 5. The van der Waals surface area contributed by atoms with Crippen molar-refractivity contribution in [3.8, 4) is 11.4 Å². The van der Waals surface area contributed by atoms with Gasteiger partial charge in [0.1, 0.15) is 12.4 Å². The maximum Gasteiger partial charge on any atom is 0.355 e. The summed E-state index contributed by atoms with van der Waals surface area (Å²) in [5.74, 6) is 0.802. The molecular weight excluding hydrogens is 392 g/mol. The second-order valence-electron chi connectivity index (χ2n) is 7.93. The Morgan fingerprint density at radius 2 is 1.77 bits per heavy atom. The van der Waals surface area contributed by atoms with Gasteiger partial charge in [-0.05, 0) is 69.2 Å². The molecule has 2 aromatic carbocycles. The Kier molecular flexibility index (Phi) is 5.43. The summed E-state index contributed by atoms with van der Waals surface area (Å²) in [4.78, 5) is 12.6. The molecule has 1 saturated heterocycles. The monoisotopic (exact) mass is 420 g/mol. The predicted octanol–water partition coefficient (Wildman–Crippen LogP) is 3.82. The van der Waals surface area contributed by atoms with E-state index in [-0.39, 0.29) is 6.03 Å². The lowest BCUT2D eigenvalue weighted by molar-refractivity contribution is 0.167. The molecule has 0 unspecified atom stereocenters. The molecule has 0 radical (unpaired) electrons. The van der Waals surface area contributed by atoms with E-state index in [1.807, 2.05) is 62.7 Å². The van der Waals surface area contributed by atoms with Gasteiger partial charge in [-0.15, -0.1) is 10.7 Å². The molecule has 1 aliphatic rings. The zero-order valence-corrected chi connectivity index (χ0v) is 18.8. The summed E-state index contributed by atoms with van der Waals surface area (Å²) < 4.78 is 8.14. The first kappa shape index (κ1) is 20.9. The van der Waals surface area contributed by atoms with E-state index in [0.29, 0.717) is 6.61 Å². The third kappa shape index (κ3) is 3.87. The maximum absolute atomic E-state index is 12.6. The van der Waals surface area contributed by atoms with E-state index >= 15 is 0 Å². The number of aromatic nitrogens is 2. The number of benzene rings is 2. The summed E-state index contributed by atoms with van der Waals surface area (Å²) in [5, 5.41) is 9.26. The fraction of sp³-hybridized carbons (Fsp3) is 0.304. The SMILES string of the molecule is Cc1cc(C)n(-c2ccc(OCc3c(C)cccc3N3C(=O)N(C)NN3C)c(C)c2)n1. The maximum atomic E-state index is 12.6. The van der Waals surface area contributed by atoms with Crippen molar-refractivity contribution in [2.24, 2.45) is 0 Å². The minimum absolute atomic E-state index is 0.153. The summed E-state index contributed by atoms with van der Waals surface area (Å²) in [6.45, 7) is 8.44. The number of hydrogen-bond donors (Lipinski definition) is 1. The van der Waals surface area contributed by atoms with Gasteiger partial charge in [0.15, 0.2) is 0 Å². The number of anilines is 1.